The number of hydrogen-bond acceptors (Lipinski definition) is 11. The molecule has 3 aliphatic rings. The topological polar surface area (TPSA) is 137 Å². The molecular weight excluding hydrogens is 634 g/mol. The number of rotatable bonds is 9. The summed E-state index contributed by atoms with van der Waals surface area (Å²) in [5.41, 5.74) is 5.79. The van der Waals surface area contributed by atoms with Crippen LogP contribution in [0.3, 0.4) is 0 Å². The number of halogens is 4. The second-order valence-corrected chi connectivity index (χ2v) is 12.9. The Balaban J connectivity index is 1.53. The fourth-order valence-corrected chi connectivity index (χ4v) is 7.04. The maximum absolute atomic E-state index is 14.3. The lowest BCUT2D eigenvalue weighted by Crippen LogP contribution is -2.56. The number of amides is 1. The van der Waals surface area contributed by atoms with Gasteiger partial charge in [0, 0.05) is 44.8 Å². The lowest BCUT2D eigenvalue weighted by atomic mass is 9.88. The zero-order chi connectivity index (χ0) is 35.0. The molecule has 0 radical (unpaired) electrons. The molecule has 0 bridgehead atoms. The average molecular weight is 676 g/mol. The molecule has 2 N–H and O–H groups in total. The number of anilines is 3. The Bertz CT molecular complexity index is 1600. The maximum atomic E-state index is 14.3. The molecule has 0 aliphatic carbocycles. The SMILES string of the molecule is C=C(F)C(=O)N1CCN(c2nc(OC[C@]3(C)[C@@H](COC)CCN3C)nc3c2CCN(c2nc(N)cc(C)c2C(F)(F)F)C3)C[C@@H]1CC#N. The Hall–Kier alpha value is -4.23. The number of alkyl halides is 3. The summed E-state index contributed by atoms with van der Waals surface area (Å²) in [7, 11) is 3.67. The molecule has 0 unspecified atom stereocenters. The smallest absolute Gasteiger partial charge is 0.420 e. The van der Waals surface area contributed by atoms with E-state index >= 15 is 0 Å². The highest BCUT2D eigenvalue weighted by molar-refractivity contribution is 5.91. The summed E-state index contributed by atoms with van der Waals surface area (Å²) in [6.07, 6.45) is -3.52. The molecule has 12 nitrogen and oxygen atoms in total. The Morgan fingerprint density at radius 2 is 1.94 bits per heavy atom. The molecule has 3 atom stereocenters. The van der Waals surface area contributed by atoms with Crippen molar-refractivity contribution >= 4 is 23.4 Å². The van der Waals surface area contributed by atoms with Gasteiger partial charge in [-0.25, -0.2) is 9.37 Å². The summed E-state index contributed by atoms with van der Waals surface area (Å²) in [5, 5.41) is 9.50. The van der Waals surface area contributed by atoms with E-state index in [1.54, 1.807) is 7.11 Å². The van der Waals surface area contributed by atoms with E-state index in [1.807, 2.05) is 11.9 Å². The van der Waals surface area contributed by atoms with Gasteiger partial charge in [0.05, 0.1) is 42.9 Å². The predicted octanol–water partition coefficient (Wildman–Crippen LogP) is 3.49. The third-order valence-corrected chi connectivity index (χ3v) is 9.85. The van der Waals surface area contributed by atoms with E-state index in [0.29, 0.717) is 23.7 Å². The first kappa shape index (κ1) is 35.1. The number of ether oxygens (including phenoxy) is 2. The number of hydrogen-bond donors (Lipinski definition) is 1. The highest BCUT2D eigenvalue weighted by atomic mass is 19.4. The van der Waals surface area contributed by atoms with E-state index in [1.165, 1.54) is 22.8 Å². The molecule has 5 heterocycles. The van der Waals surface area contributed by atoms with Crippen LogP contribution in [-0.4, -0.2) is 102 Å². The highest BCUT2D eigenvalue weighted by Gasteiger charge is 2.44. The van der Waals surface area contributed by atoms with Crippen molar-refractivity contribution in [3.63, 3.8) is 0 Å². The van der Waals surface area contributed by atoms with Crippen molar-refractivity contribution in [2.75, 3.05) is 75.6 Å². The number of methoxy groups -OCH3 is 1. The summed E-state index contributed by atoms with van der Waals surface area (Å²) < 4.78 is 68.4. The van der Waals surface area contributed by atoms with Crippen LogP contribution in [0.15, 0.2) is 18.5 Å². The number of pyridine rings is 1. The molecule has 16 heteroatoms. The number of nitrogens with zero attached hydrogens (tertiary/aromatic N) is 8. The molecule has 260 valence electrons. The summed E-state index contributed by atoms with van der Waals surface area (Å²) in [4.78, 5) is 33.1. The van der Waals surface area contributed by atoms with E-state index in [-0.39, 0.29) is 81.3 Å². The first-order valence-corrected chi connectivity index (χ1v) is 15.8. The second kappa shape index (κ2) is 13.7. The minimum atomic E-state index is -4.66. The third kappa shape index (κ3) is 6.84. The zero-order valence-electron chi connectivity index (χ0n) is 27.6. The molecule has 48 heavy (non-hydrogen) atoms. The van der Waals surface area contributed by atoms with Crippen molar-refractivity contribution in [3.05, 3.63) is 40.9 Å². The van der Waals surface area contributed by atoms with E-state index in [0.717, 1.165) is 13.0 Å². The number of likely N-dealkylation sites (tertiary alicyclic amines) is 1. The van der Waals surface area contributed by atoms with Crippen LogP contribution in [0.1, 0.15) is 42.1 Å². The average Bonchev–Trinajstić information content (AvgIpc) is 3.30. The fraction of sp³-hybridized carbons (Fsp3) is 0.594. The van der Waals surface area contributed by atoms with Crippen LogP contribution in [0.4, 0.5) is 35.0 Å². The molecule has 2 fully saturated rings. The van der Waals surface area contributed by atoms with Crippen LogP contribution in [0, 0.1) is 24.2 Å². The van der Waals surface area contributed by atoms with Crippen LogP contribution in [-0.2, 0) is 28.7 Å². The Labute approximate surface area is 277 Å². The number of aromatic nitrogens is 3. The number of nitrogens with two attached hydrogens (primary N) is 1. The van der Waals surface area contributed by atoms with Gasteiger partial charge in [-0.1, -0.05) is 6.58 Å². The van der Waals surface area contributed by atoms with Crippen molar-refractivity contribution in [2.45, 2.75) is 57.4 Å². The van der Waals surface area contributed by atoms with Gasteiger partial charge in [0.15, 0.2) is 5.83 Å². The molecule has 2 saturated heterocycles. The number of nitrogen functional groups attached to an aromatic ring is 1. The largest absolute Gasteiger partial charge is 0.461 e. The first-order chi connectivity index (χ1) is 22.7. The van der Waals surface area contributed by atoms with E-state index < -0.39 is 35.1 Å². The van der Waals surface area contributed by atoms with Crippen molar-refractivity contribution in [2.24, 2.45) is 5.92 Å². The third-order valence-electron chi connectivity index (χ3n) is 9.85. The van der Waals surface area contributed by atoms with Gasteiger partial charge >= 0.3 is 12.2 Å². The zero-order valence-corrected chi connectivity index (χ0v) is 27.6. The normalized spacial score (nSPS) is 23.2. The Morgan fingerprint density at radius 3 is 2.60 bits per heavy atom. The Kier molecular flexibility index (Phi) is 10.0. The van der Waals surface area contributed by atoms with Crippen LogP contribution in [0.2, 0.25) is 0 Å². The van der Waals surface area contributed by atoms with E-state index in [4.69, 9.17) is 25.2 Å². The van der Waals surface area contributed by atoms with Crippen molar-refractivity contribution in [3.8, 4) is 12.1 Å². The lowest BCUT2D eigenvalue weighted by molar-refractivity contribution is -0.137. The van der Waals surface area contributed by atoms with Crippen molar-refractivity contribution in [1.82, 2.24) is 24.8 Å². The Morgan fingerprint density at radius 1 is 1.19 bits per heavy atom. The van der Waals surface area contributed by atoms with Gasteiger partial charge < -0.3 is 29.9 Å². The summed E-state index contributed by atoms with van der Waals surface area (Å²) in [6, 6.07) is 2.67. The number of carbonyl (C=O) groups is 1. The molecular formula is C32H41F4N9O3. The van der Waals surface area contributed by atoms with Gasteiger partial charge in [0.2, 0.25) is 0 Å². The molecule has 1 amide bonds. The summed E-state index contributed by atoms with van der Waals surface area (Å²) in [5.74, 6) is -1.61. The van der Waals surface area contributed by atoms with Crippen molar-refractivity contribution < 1.29 is 31.8 Å². The number of likely N-dealkylation sites (N-methyl/N-ethyl adjacent to an activating group) is 1. The monoisotopic (exact) mass is 675 g/mol. The van der Waals surface area contributed by atoms with E-state index in [2.05, 4.69) is 29.5 Å². The minimum Gasteiger partial charge on any atom is -0.461 e. The quantitative estimate of drug-likeness (QED) is 0.309. The predicted molar refractivity (Wildman–Crippen MR) is 170 cm³/mol. The van der Waals surface area contributed by atoms with Gasteiger partial charge in [-0.3, -0.25) is 9.69 Å². The lowest BCUT2D eigenvalue weighted by Gasteiger charge is -2.42. The maximum Gasteiger partial charge on any atom is 0.420 e. The van der Waals surface area contributed by atoms with Crippen LogP contribution in [0.25, 0.3) is 0 Å². The molecule has 3 aliphatic heterocycles. The molecule has 2 aromatic rings. The molecule has 0 aromatic carbocycles. The fourth-order valence-electron chi connectivity index (χ4n) is 7.04. The van der Waals surface area contributed by atoms with Crippen LogP contribution < -0.4 is 20.3 Å². The highest BCUT2D eigenvalue weighted by Crippen LogP contribution is 2.41. The van der Waals surface area contributed by atoms with E-state index in [9.17, 15) is 27.6 Å². The van der Waals surface area contributed by atoms with Gasteiger partial charge in [0.1, 0.15) is 29.6 Å². The van der Waals surface area contributed by atoms with Gasteiger partial charge in [-0.15, -0.1) is 0 Å². The number of nitriles is 1. The van der Waals surface area contributed by atoms with Gasteiger partial charge in [0.25, 0.3) is 5.91 Å². The number of piperazine rings is 1. The molecule has 2 aromatic heterocycles. The molecule has 5 rings (SSSR count). The summed E-state index contributed by atoms with van der Waals surface area (Å²) in [6.45, 7) is 8.87. The molecule has 0 spiro atoms. The molecule has 0 saturated carbocycles. The number of carbonyl (C=O) groups excluding carboxylic acids is 1. The van der Waals surface area contributed by atoms with Gasteiger partial charge in [-0.05, 0) is 51.9 Å². The first-order valence-electron chi connectivity index (χ1n) is 15.8. The minimum absolute atomic E-state index is 0.0224. The van der Waals surface area contributed by atoms with Crippen molar-refractivity contribution in [1.29, 1.82) is 5.26 Å². The van der Waals surface area contributed by atoms with Crippen LogP contribution >= 0.6 is 0 Å². The number of aryl methyl sites for hydroxylation is 1. The second-order valence-electron chi connectivity index (χ2n) is 12.9. The van der Waals surface area contributed by atoms with Gasteiger partial charge in [-0.2, -0.15) is 28.4 Å². The van der Waals surface area contributed by atoms with Crippen LogP contribution in [0.5, 0.6) is 6.01 Å². The standard InChI is InChI=1S/C32H41F4N9O3/c1-19-14-25(38)40-28(26(19)32(34,35)36)43-11-8-23-24(16-43)39-30(48-18-31(3)21(17-47-5)7-10-42(31)4)41-27(23)44-12-13-45(29(46)20(2)33)22(15-44)6-9-37/h14,21-22H,2,6-8,10-13,15-18H2,1,3-5H3,(H2,38,40)/t21-,22+,31-/m1/s1. The summed E-state index contributed by atoms with van der Waals surface area (Å²) >= 11 is 0. The number of fused-ring (bicyclic) bond motifs is 1.